The van der Waals surface area contributed by atoms with Crippen molar-refractivity contribution in [3.63, 3.8) is 0 Å². The van der Waals surface area contributed by atoms with E-state index in [1.807, 2.05) is 18.7 Å². The van der Waals surface area contributed by atoms with Crippen LogP contribution in [0.1, 0.15) is 32.6 Å². The van der Waals surface area contributed by atoms with Crippen LogP contribution in [-0.2, 0) is 14.3 Å². The van der Waals surface area contributed by atoms with Crippen LogP contribution >= 0.6 is 11.8 Å². The highest BCUT2D eigenvalue weighted by Crippen LogP contribution is 2.39. The van der Waals surface area contributed by atoms with Crippen molar-refractivity contribution in [3.05, 3.63) is 0 Å². The van der Waals surface area contributed by atoms with E-state index in [-0.39, 0.29) is 17.5 Å². The Labute approximate surface area is 101 Å². The van der Waals surface area contributed by atoms with Crippen LogP contribution in [0.2, 0.25) is 0 Å². The number of hydrogen-bond donors (Lipinski definition) is 0. The van der Waals surface area contributed by atoms with Crippen molar-refractivity contribution >= 4 is 17.7 Å². The Balaban J connectivity index is 1.94. The summed E-state index contributed by atoms with van der Waals surface area (Å²) < 4.78 is 11.1. The largest absolute Gasteiger partial charge is 0.466 e. The molecular formula is C12H20O3S. The maximum absolute atomic E-state index is 11.7. The van der Waals surface area contributed by atoms with Crippen LogP contribution in [0.5, 0.6) is 0 Å². The molecule has 2 heterocycles. The van der Waals surface area contributed by atoms with Gasteiger partial charge < -0.3 is 9.47 Å². The predicted octanol–water partition coefficient (Wildman–Crippen LogP) is 2.24. The lowest BCUT2D eigenvalue weighted by Gasteiger charge is -2.42. The molecule has 2 aliphatic heterocycles. The molecular weight excluding hydrogens is 224 g/mol. The Bertz CT molecular complexity index is 243. The molecule has 0 aliphatic carbocycles. The van der Waals surface area contributed by atoms with Crippen LogP contribution in [0, 0.1) is 5.92 Å². The van der Waals surface area contributed by atoms with Gasteiger partial charge in [-0.05, 0) is 44.1 Å². The van der Waals surface area contributed by atoms with Crippen LogP contribution in [0.15, 0.2) is 0 Å². The second-order valence-corrected chi connectivity index (χ2v) is 5.81. The zero-order valence-corrected chi connectivity index (χ0v) is 10.7. The number of hydrogen-bond acceptors (Lipinski definition) is 4. The van der Waals surface area contributed by atoms with Gasteiger partial charge in [-0.25, -0.2) is 0 Å². The van der Waals surface area contributed by atoms with E-state index >= 15 is 0 Å². The highest BCUT2D eigenvalue weighted by atomic mass is 32.2. The molecule has 2 saturated heterocycles. The van der Waals surface area contributed by atoms with Crippen LogP contribution in [0.3, 0.4) is 0 Å². The number of carbonyl (C=O) groups excluding carboxylic acids is 1. The van der Waals surface area contributed by atoms with Crippen molar-refractivity contribution in [1.29, 1.82) is 0 Å². The average molecular weight is 244 g/mol. The topological polar surface area (TPSA) is 35.5 Å². The van der Waals surface area contributed by atoms with Crippen molar-refractivity contribution in [2.75, 3.05) is 24.7 Å². The summed E-state index contributed by atoms with van der Waals surface area (Å²) in [7, 11) is 0. The molecule has 0 aromatic carbocycles. The Morgan fingerprint density at radius 1 is 1.50 bits per heavy atom. The van der Waals surface area contributed by atoms with Gasteiger partial charge in [0.1, 0.15) is 0 Å². The van der Waals surface area contributed by atoms with E-state index in [1.54, 1.807) is 0 Å². The first-order valence-electron chi connectivity index (χ1n) is 6.14. The van der Waals surface area contributed by atoms with Crippen LogP contribution < -0.4 is 0 Å². The highest BCUT2D eigenvalue weighted by molar-refractivity contribution is 7.99. The van der Waals surface area contributed by atoms with Gasteiger partial charge in [-0.15, -0.1) is 0 Å². The van der Waals surface area contributed by atoms with Crippen LogP contribution in [0.25, 0.3) is 0 Å². The van der Waals surface area contributed by atoms with Gasteiger partial charge in [0.2, 0.25) is 0 Å². The number of thioether (sulfide) groups is 1. The lowest BCUT2D eigenvalue weighted by Crippen LogP contribution is -2.44. The average Bonchev–Trinajstić information content (AvgIpc) is 2.30. The first-order valence-corrected chi connectivity index (χ1v) is 7.29. The second kappa shape index (κ2) is 5.41. The Morgan fingerprint density at radius 3 is 2.94 bits per heavy atom. The SMILES string of the molecule is CCOC(=O)C1CCOC2(CCSCC2)C1. The van der Waals surface area contributed by atoms with E-state index in [0.29, 0.717) is 13.2 Å². The van der Waals surface area contributed by atoms with Gasteiger partial charge in [-0.2, -0.15) is 11.8 Å². The van der Waals surface area contributed by atoms with E-state index in [0.717, 1.165) is 37.2 Å². The number of rotatable bonds is 2. The van der Waals surface area contributed by atoms with E-state index < -0.39 is 0 Å². The molecule has 0 amide bonds. The van der Waals surface area contributed by atoms with E-state index in [2.05, 4.69) is 0 Å². The molecule has 3 nitrogen and oxygen atoms in total. The quantitative estimate of drug-likeness (QED) is 0.698. The molecule has 4 heteroatoms. The fourth-order valence-electron chi connectivity index (χ4n) is 2.58. The molecule has 0 N–H and O–H groups in total. The van der Waals surface area contributed by atoms with Crippen LogP contribution in [-0.4, -0.2) is 36.3 Å². The van der Waals surface area contributed by atoms with E-state index in [4.69, 9.17) is 9.47 Å². The molecule has 2 fully saturated rings. The molecule has 0 aromatic heterocycles. The maximum atomic E-state index is 11.7. The minimum atomic E-state index is -0.0246. The summed E-state index contributed by atoms with van der Waals surface area (Å²) in [4.78, 5) is 11.7. The predicted molar refractivity (Wildman–Crippen MR) is 64.6 cm³/mol. The minimum Gasteiger partial charge on any atom is -0.466 e. The maximum Gasteiger partial charge on any atom is 0.309 e. The molecule has 2 aliphatic rings. The normalized spacial score (nSPS) is 28.9. The summed E-state index contributed by atoms with van der Waals surface area (Å²) in [5, 5.41) is 0. The van der Waals surface area contributed by atoms with E-state index in [1.165, 1.54) is 0 Å². The second-order valence-electron chi connectivity index (χ2n) is 4.59. The Kier molecular flexibility index (Phi) is 4.14. The van der Waals surface area contributed by atoms with Crippen molar-refractivity contribution in [1.82, 2.24) is 0 Å². The summed E-state index contributed by atoms with van der Waals surface area (Å²) in [5.41, 5.74) is -0.0130. The van der Waals surface area contributed by atoms with Gasteiger partial charge in [0, 0.05) is 6.61 Å². The van der Waals surface area contributed by atoms with Gasteiger partial charge in [-0.1, -0.05) is 0 Å². The van der Waals surface area contributed by atoms with Gasteiger partial charge in [0.15, 0.2) is 0 Å². The first-order chi connectivity index (χ1) is 7.76. The minimum absolute atomic E-state index is 0.0130. The van der Waals surface area contributed by atoms with Gasteiger partial charge >= 0.3 is 5.97 Å². The molecule has 2 rings (SSSR count). The zero-order valence-electron chi connectivity index (χ0n) is 9.87. The molecule has 1 atom stereocenters. The summed E-state index contributed by atoms with van der Waals surface area (Å²) in [6.07, 6.45) is 3.88. The summed E-state index contributed by atoms with van der Waals surface area (Å²) >= 11 is 1.99. The third-order valence-electron chi connectivity index (χ3n) is 3.52. The summed E-state index contributed by atoms with van der Waals surface area (Å²) in [6.45, 7) is 3.07. The molecule has 1 unspecified atom stereocenters. The monoisotopic (exact) mass is 244 g/mol. The van der Waals surface area contributed by atoms with Gasteiger partial charge in [0.05, 0.1) is 18.1 Å². The molecule has 92 valence electrons. The van der Waals surface area contributed by atoms with Gasteiger partial charge in [-0.3, -0.25) is 4.79 Å². The Hall–Kier alpha value is -0.220. The zero-order chi connectivity index (χ0) is 11.4. The van der Waals surface area contributed by atoms with E-state index in [9.17, 15) is 4.79 Å². The van der Waals surface area contributed by atoms with Crippen molar-refractivity contribution in [2.24, 2.45) is 5.92 Å². The van der Waals surface area contributed by atoms with Crippen LogP contribution in [0.4, 0.5) is 0 Å². The standard InChI is InChI=1S/C12H20O3S/c1-2-14-11(13)10-3-6-15-12(9-10)4-7-16-8-5-12/h10H,2-9H2,1H3. The van der Waals surface area contributed by atoms with Gasteiger partial charge in [0.25, 0.3) is 0 Å². The molecule has 0 aromatic rings. The first kappa shape index (κ1) is 12.2. The molecule has 0 bridgehead atoms. The lowest BCUT2D eigenvalue weighted by molar-refractivity contribution is -0.161. The van der Waals surface area contributed by atoms with Crippen molar-refractivity contribution in [2.45, 2.75) is 38.2 Å². The fourth-order valence-corrected chi connectivity index (χ4v) is 3.82. The highest BCUT2D eigenvalue weighted by Gasteiger charge is 2.41. The number of ether oxygens (including phenoxy) is 2. The fraction of sp³-hybridized carbons (Fsp3) is 0.917. The van der Waals surface area contributed by atoms with Crippen molar-refractivity contribution in [3.8, 4) is 0 Å². The summed E-state index contributed by atoms with van der Waals surface area (Å²) in [5.74, 6) is 2.37. The summed E-state index contributed by atoms with van der Waals surface area (Å²) in [6, 6.07) is 0. The lowest BCUT2D eigenvalue weighted by atomic mass is 9.82. The van der Waals surface area contributed by atoms with Crippen molar-refractivity contribution < 1.29 is 14.3 Å². The smallest absolute Gasteiger partial charge is 0.309 e. The third-order valence-corrected chi connectivity index (χ3v) is 4.50. The molecule has 0 saturated carbocycles. The number of esters is 1. The number of carbonyl (C=O) groups is 1. The Morgan fingerprint density at radius 2 is 2.25 bits per heavy atom. The molecule has 16 heavy (non-hydrogen) atoms. The molecule has 1 spiro atoms. The third kappa shape index (κ3) is 2.72. The molecule has 0 radical (unpaired) electrons.